The van der Waals surface area contributed by atoms with Crippen molar-refractivity contribution in [2.24, 2.45) is 0 Å². The molecule has 1 saturated carbocycles. The number of thiophene rings is 1. The van der Waals surface area contributed by atoms with E-state index in [0.29, 0.717) is 18.3 Å². The van der Waals surface area contributed by atoms with Crippen LogP contribution >= 0.6 is 11.3 Å². The van der Waals surface area contributed by atoms with E-state index in [1.807, 2.05) is 0 Å². The topological polar surface area (TPSA) is 58.2 Å². The molecule has 0 atom stereocenters. The number of hydrogen-bond donors (Lipinski definition) is 2. The van der Waals surface area contributed by atoms with E-state index >= 15 is 0 Å². The van der Waals surface area contributed by atoms with Crippen LogP contribution in [0, 0.1) is 5.82 Å². The van der Waals surface area contributed by atoms with Crippen LogP contribution in [0.25, 0.3) is 0 Å². The Bertz CT molecular complexity index is 722. The molecule has 1 aromatic carbocycles. The average Bonchev–Trinajstić information content (AvgIpc) is 3.15. The third-order valence-electron chi connectivity index (χ3n) is 3.18. The van der Waals surface area contributed by atoms with Gasteiger partial charge in [0.25, 0.3) is 10.0 Å². The van der Waals surface area contributed by atoms with Gasteiger partial charge in [0.1, 0.15) is 5.82 Å². The van der Waals surface area contributed by atoms with E-state index in [1.54, 1.807) is 11.4 Å². The molecule has 21 heavy (non-hydrogen) atoms. The van der Waals surface area contributed by atoms with Crippen molar-refractivity contribution in [3.8, 4) is 0 Å². The third kappa shape index (κ3) is 3.81. The Kier molecular flexibility index (Phi) is 3.97. The monoisotopic (exact) mass is 326 g/mol. The van der Waals surface area contributed by atoms with Gasteiger partial charge in [-0.1, -0.05) is 0 Å². The third-order valence-corrected chi connectivity index (χ3v) is 5.63. The van der Waals surface area contributed by atoms with Crippen LogP contribution in [0.3, 0.4) is 0 Å². The molecule has 1 fully saturated rings. The SMILES string of the molecule is O=S(=O)(Nc1ccc(F)cc1)c1csc(CNC2CC2)c1. The summed E-state index contributed by atoms with van der Waals surface area (Å²) in [5.74, 6) is -0.401. The Balaban J connectivity index is 1.69. The highest BCUT2D eigenvalue weighted by atomic mass is 32.2. The zero-order chi connectivity index (χ0) is 14.9. The Morgan fingerprint density at radius 1 is 1.24 bits per heavy atom. The highest BCUT2D eigenvalue weighted by Gasteiger charge is 2.21. The van der Waals surface area contributed by atoms with Crippen LogP contribution in [0.5, 0.6) is 0 Å². The Morgan fingerprint density at radius 3 is 2.62 bits per heavy atom. The van der Waals surface area contributed by atoms with E-state index < -0.39 is 15.8 Å². The van der Waals surface area contributed by atoms with Crippen LogP contribution in [0.2, 0.25) is 0 Å². The summed E-state index contributed by atoms with van der Waals surface area (Å²) in [5.41, 5.74) is 0.347. The Labute approximate surface area is 127 Å². The first-order valence-corrected chi connectivity index (χ1v) is 8.98. The van der Waals surface area contributed by atoms with Crippen molar-refractivity contribution in [2.75, 3.05) is 4.72 Å². The standard InChI is InChI=1S/C14H15FN2O2S2/c15-10-1-3-12(4-2-10)17-21(18,19)14-7-13(20-9-14)8-16-11-5-6-11/h1-4,7,9,11,16-17H,5-6,8H2. The first kappa shape index (κ1) is 14.5. The lowest BCUT2D eigenvalue weighted by atomic mass is 10.3. The number of halogens is 1. The molecule has 1 aromatic heterocycles. The second-order valence-corrected chi connectivity index (χ2v) is 7.69. The summed E-state index contributed by atoms with van der Waals surface area (Å²) in [7, 11) is -3.62. The summed E-state index contributed by atoms with van der Waals surface area (Å²) in [6.45, 7) is 0.696. The molecular formula is C14H15FN2O2S2. The molecule has 0 unspecified atom stereocenters. The van der Waals surface area contributed by atoms with Gasteiger partial charge in [-0.15, -0.1) is 11.3 Å². The van der Waals surface area contributed by atoms with Crippen molar-refractivity contribution >= 4 is 27.0 Å². The van der Waals surface area contributed by atoms with Crippen LogP contribution < -0.4 is 10.0 Å². The molecule has 1 aliphatic rings. The molecule has 4 nitrogen and oxygen atoms in total. The van der Waals surface area contributed by atoms with E-state index in [1.165, 1.54) is 48.4 Å². The fourth-order valence-corrected chi connectivity index (χ4v) is 4.14. The molecule has 0 spiro atoms. The first-order chi connectivity index (χ1) is 10.0. The van der Waals surface area contributed by atoms with Gasteiger partial charge < -0.3 is 5.32 Å². The van der Waals surface area contributed by atoms with Gasteiger partial charge in [-0.2, -0.15) is 0 Å². The highest BCUT2D eigenvalue weighted by molar-refractivity contribution is 7.92. The van der Waals surface area contributed by atoms with E-state index in [0.717, 1.165) is 4.88 Å². The summed E-state index contributed by atoms with van der Waals surface area (Å²) in [6, 6.07) is 7.49. The lowest BCUT2D eigenvalue weighted by Gasteiger charge is -2.06. The quantitative estimate of drug-likeness (QED) is 0.858. The Hall–Kier alpha value is -1.44. The van der Waals surface area contributed by atoms with Crippen LogP contribution in [-0.4, -0.2) is 14.5 Å². The maximum Gasteiger partial charge on any atom is 0.262 e. The molecule has 3 rings (SSSR count). The minimum absolute atomic E-state index is 0.240. The molecule has 0 bridgehead atoms. The van der Waals surface area contributed by atoms with E-state index in [4.69, 9.17) is 0 Å². The maximum atomic E-state index is 12.8. The lowest BCUT2D eigenvalue weighted by Crippen LogP contribution is -2.14. The molecule has 0 radical (unpaired) electrons. The van der Waals surface area contributed by atoms with Gasteiger partial charge in [0.2, 0.25) is 0 Å². The average molecular weight is 326 g/mol. The predicted octanol–water partition coefficient (Wildman–Crippen LogP) is 2.94. The van der Waals surface area contributed by atoms with Crippen molar-refractivity contribution in [1.29, 1.82) is 0 Å². The number of rotatable bonds is 6. The predicted molar refractivity (Wildman–Crippen MR) is 81.4 cm³/mol. The van der Waals surface area contributed by atoms with Crippen LogP contribution in [0.1, 0.15) is 17.7 Å². The van der Waals surface area contributed by atoms with Gasteiger partial charge in [0, 0.05) is 28.5 Å². The van der Waals surface area contributed by atoms with E-state index in [-0.39, 0.29) is 4.90 Å². The number of hydrogen-bond acceptors (Lipinski definition) is 4. The largest absolute Gasteiger partial charge is 0.309 e. The summed E-state index contributed by atoms with van der Waals surface area (Å²) in [6.07, 6.45) is 2.39. The summed E-state index contributed by atoms with van der Waals surface area (Å²) < 4.78 is 39.7. The van der Waals surface area contributed by atoms with E-state index in [9.17, 15) is 12.8 Å². The van der Waals surface area contributed by atoms with Crippen LogP contribution in [0.15, 0.2) is 40.6 Å². The molecule has 2 N–H and O–H groups in total. The molecule has 1 aliphatic carbocycles. The fraction of sp³-hybridized carbons (Fsp3) is 0.286. The van der Waals surface area contributed by atoms with Crippen molar-refractivity contribution in [3.63, 3.8) is 0 Å². The van der Waals surface area contributed by atoms with Crippen molar-refractivity contribution < 1.29 is 12.8 Å². The van der Waals surface area contributed by atoms with Gasteiger partial charge >= 0.3 is 0 Å². The van der Waals surface area contributed by atoms with Gasteiger partial charge in [0.05, 0.1) is 4.90 Å². The maximum absolute atomic E-state index is 12.8. The summed E-state index contributed by atoms with van der Waals surface area (Å²) in [4.78, 5) is 1.23. The van der Waals surface area contributed by atoms with Gasteiger partial charge in [-0.05, 0) is 43.2 Å². The zero-order valence-electron chi connectivity index (χ0n) is 11.2. The van der Waals surface area contributed by atoms with Crippen molar-refractivity contribution in [3.05, 3.63) is 46.4 Å². The fourth-order valence-electron chi connectivity index (χ4n) is 1.86. The molecule has 0 amide bonds. The minimum Gasteiger partial charge on any atom is -0.309 e. The second kappa shape index (κ2) is 5.75. The highest BCUT2D eigenvalue weighted by Crippen LogP contribution is 2.24. The molecule has 0 saturated heterocycles. The second-order valence-electron chi connectivity index (χ2n) is 5.02. The molecule has 0 aliphatic heterocycles. The van der Waals surface area contributed by atoms with Crippen LogP contribution in [0.4, 0.5) is 10.1 Å². The molecule has 112 valence electrons. The number of anilines is 1. The zero-order valence-corrected chi connectivity index (χ0v) is 12.8. The minimum atomic E-state index is -3.62. The van der Waals surface area contributed by atoms with Gasteiger partial charge in [-0.25, -0.2) is 12.8 Å². The first-order valence-electron chi connectivity index (χ1n) is 6.62. The van der Waals surface area contributed by atoms with Crippen LogP contribution in [-0.2, 0) is 16.6 Å². The lowest BCUT2D eigenvalue weighted by molar-refractivity contribution is 0.601. The molecular weight excluding hydrogens is 311 g/mol. The summed E-state index contributed by atoms with van der Waals surface area (Å²) >= 11 is 1.42. The number of nitrogens with one attached hydrogen (secondary N) is 2. The molecule has 1 heterocycles. The smallest absolute Gasteiger partial charge is 0.262 e. The van der Waals surface area contributed by atoms with Crippen molar-refractivity contribution in [2.45, 2.75) is 30.3 Å². The van der Waals surface area contributed by atoms with Crippen molar-refractivity contribution in [1.82, 2.24) is 5.32 Å². The molecule has 2 aromatic rings. The normalized spacial score (nSPS) is 15.1. The van der Waals surface area contributed by atoms with Gasteiger partial charge in [-0.3, -0.25) is 4.72 Å². The van der Waals surface area contributed by atoms with E-state index in [2.05, 4.69) is 10.0 Å². The number of sulfonamides is 1. The Morgan fingerprint density at radius 2 is 1.95 bits per heavy atom. The summed E-state index contributed by atoms with van der Waals surface area (Å²) in [5, 5.41) is 4.97. The number of benzene rings is 1. The molecule has 7 heteroatoms. The van der Waals surface area contributed by atoms with Gasteiger partial charge in [0.15, 0.2) is 0 Å².